The summed E-state index contributed by atoms with van der Waals surface area (Å²) in [6.07, 6.45) is 0. The lowest BCUT2D eigenvalue weighted by atomic mass is 9.70. The van der Waals surface area contributed by atoms with Crippen LogP contribution in [0.25, 0.3) is 65.7 Å². The maximum atomic E-state index is 2.57. The molecule has 0 radical (unpaired) electrons. The zero-order valence-electron chi connectivity index (χ0n) is 32.5. The lowest BCUT2D eigenvalue weighted by Crippen LogP contribution is -2.26. The SMILES string of the molecule is Cc1cc(-c2ccccc2)cc(C)c1N(c1ccc2c3ccccc3c3ccccc3c2c1)c1cccc2c1-c1ccccc1C21c2ccccc2-c2ccccc21. The summed E-state index contributed by atoms with van der Waals surface area (Å²) >= 11 is 0. The Hall–Kier alpha value is -7.22. The highest BCUT2D eigenvalue weighted by Gasteiger charge is 2.52. The summed E-state index contributed by atoms with van der Waals surface area (Å²) in [6, 6.07) is 74.8. The Bertz CT molecular complexity index is 3210. The fourth-order valence-electron chi connectivity index (χ4n) is 10.8. The largest absolute Gasteiger partial charge is 0.309 e. The minimum absolute atomic E-state index is 0.430. The summed E-state index contributed by atoms with van der Waals surface area (Å²) in [6.45, 7) is 4.57. The predicted octanol–water partition coefficient (Wildman–Crippen LogP) is 15.2. The number of anilines is 3. The quantitative estimate of drug-likeness (QED) is 0.163. The van der Waals surface area contributed by atoms with Gasteiger partial charge in [0.1, 0.15) is 0 Å². The molecule has 0 aliphatic heterocycles. The minimum Gasteiger partial charge on any atom is -0.309 e. The van der Waals surface area contributed by atoms with Crippen LogP contribution in [-0.2, 0) is 5.41 Å². The van der Waals surface area contributed by atoms with Gasteiger partial charge in [0.15, 0.2) is 0 Å². The number of benzene rings is 10. The maximum absolute atomic E-state index is 2.57. The smallest absolute Gasteiger partial charge is 0.0726 e. The van der Waals surface area contributed by atoms with Crippen molar-refractivity contribution in [1.29, 1.82) is 0 Å². The molecule has 0 aromatic heterocycles. The summed E-state index contributed by atoms with van der Waals surface area (Å²) < 4.78 is 0. The topological polar surface area (TPSA) is 3.24 Å². The van der Waals surface area contributed by atoms with Crippen molar-refractivity contribution in [3.05, 3.63) is 234 Å². The lowest BCUT2D eigenvalue weighted by molar-refractivity contribution is 0.794. The van der Waals surface area contributed by atoms with Crippen molar-refractivity contribution in [1.82, 2.24) is 0 Å². The highest BCUT2D eigenvalue weighted by atomic mass is 15.2. The Morgan fingerprint density at radius 3 is 1.41 bits per heavy atom. The number of nitrogens with zero attached hydrogens (tertiary/aromatic N) is 1. The number of hydrogen-bond acceptors (Lipinski definition) is 1. The van der Waals surface area contributed by atoms with Crippen LogP contribution in [-0.4, -0.2) is 0 Å². The Morgan fingerprint density at radius 2 is 0.810 bits per heavy atom. The molecule has 0 N–H and O–H groups in total. The van der Waals surface area contributed by atoms with Gasteiger partial charge in [0.25, 0.3) is 0 Å². The fraction of sp³-hybridized carbons (Fsp3) is 0.0526. The molecular formula is C57H39N. The summed E-state index contributed by atoms with van der Waals surface area (Å²) in [5.41, 5.74) is 18.7. The van der Waals surface area contributed by atoms with Gasteiger partial charge in [0.2, 0.25) is 0 Å². The third-order valence-electron chi connectivity index (χ3n) is 13.0. The summed E-state index contributed by atoms with van der Waals surface area (Å²) in [5, 5.41) is 7.66. The van der Waals surface area contributed by atoms with Gasteiger partial charge in [-0.1, -0.05) is 170 Å². The van der Waals surface area contributed by atoms with Gasteiger partial charge in [-0.15, -0.1) is 0 Å². The molecule has 10 aromatic rings. The van der Waals surface area contributed by atoms with E-state index in [0.29, 0.717) is 0 Å². The van der Waals surface area contributed by atoms with Crippen LogP contribution in [0.4, 0.5) is 17.1 Å². The molecule has 0 atom stereocenters. The van der Waals surface area contributed by atoms with Crippen molar-refractivity contribution in [3.8, 4) is 33.4 Å². The Kier molecular flexibility index (Phi) is 7.04. The van der Waals surface area contributed by atoms with E-state index in [1.165, 1.54) is 110 Å². The summed E-state index contributed by atoms with van der Waals surface area (Å²) in [5.74, 6) is 0. The Balaban J connectivity index is 1.19. The number of hydrogen-bond donors (Lipinski definition) is 0. The van der Waals surface area contributed by atoms with E-state index in [1.807, 2.05) is 0 Å². The summed E-state index contributed by atoms with van der Waals surface area (Å²) in [7, 11) is 0. The second kappa shape index (κ2) is 12.4. The molecule has 1 spiro atoms. The van der Waals surface area contributed by atoms with E-state index < -0.39 is 5.41 Å². The molecule has 1 heteroatoms. The zero-order valence-corrected chi connectivity index (χ0v) is 32.5. The van der Waals surface area contributed by atoms with Crippen LogP contribution >= 0.6 is 0 Å². The van der Waals surface area contributed by atoms with Gasteiger partial charge in [-0.25, -0.2) is 0 Å². The van der Waals surface area contributed by atoms with E-state index in [2.05, 4.69) is 219 Å². The van der Waals surface area contributed by atoms with E-state index in [0.717, 1.165) is 5.69 Å². The molecule has 2 aliphatic rings. The van der Waals surface area contributed by atoms with Gasteiger partial charge in [0.05, 0.1) is 16.8 Å². The van der Waals surface area contributed by atoms with Crippen LogP contribution in [0.3, 0.4) is 0 Å². The molecule has 0 fully saturated rings. The molecule has 0 amide bonds. The van der Waals surface area contributed by atoms with Crippen molar-refractivity contribution in [3.63, 3.8) is 0 Å². The van der Waals surface area contributed by atoms with Crippen LogP contribution in [0.2, 0.25) is 0 Å². The molecule has 0 saturated carbocycles. The van der Waals surface area contributed by atoms with Gasteiger partial charge in [-0.2, -0.15) is 0 Å². The molecule has 0 unspecified atom stereocenters. The number of rotatable bonds is 4. The number of fused-ring (bicyclic) bond motifs is 16. The van der Waals surface area contributed by atoms with Crippen molar-refractivity contribution in [2.24, 2.45) is 0 Å². The van der Waals surface area contributed by atoms with Crippen LogP contribution in [0.15, 0.2) is 200 Å². The highest BCUT2D eigenvalue weighted by molar-refractivity contribution is 6.26. The second-order valence-electron chi connectivity index (χ2n) is 16.1. The van der Waals surface area contributed by atoms with Gasteiger partial charge < -0.3 is 4.90 Å². The first-order valence-electron chi connectivity index (χ1n) is 20.4. The molecule has 272 valence electrons. The molecule has 12 rings (SSSR count). The van der Waals surface area contributed by atoms with Crippen LogP contribution in [0.5, 0.6) is 0 Å². The molecule has 0 saturated heterocycles. The average Bonchev–Trinajstić information content (AvgIpc) is 3.76. The van der Waals surface area contributed by atoms with E-state index in [-0.39, 0.29) is 0 Å². The fourth-order valence-corrected chi connectivity index (χ4v) is 10.8. The zero-order chi connectivity index (χ0) is 38.5. The minimum atomic E-state index is -0.430. The molecule has 10 aromatic carbocycles. The van der Waals surface area contributed by atoms with Gasteiger partial charge in [-0.05, 0) is 138 Å². The molecule has 1 nitrogen and oxygen atoms in total. The maximum Gasteiger partial charge on any atom is 0.0726 e. The van der Waals surface area contributed by atoms with E-state index in [4.69, 9.17) is 0 Å². The second-order valence-corrected chi connectivity index (χ2v) is 16.1. The first-order valence-corrected chi connectivity index (χ1v) is 20.4. The van der Waals surface area contributed by atoms with Crippen LogP contribution < -0.4 is 4.90 Å². The molecule has 2 aliphatic carbocycles. The summed E-state index contributed by atoms with van der Waals surface area (Å²) in [4.78, 5) is 2.57. The molecule has 58 heavy (non-hydrogen) atoms. The van der Waals surface area contributed by atoms with E-state index in [1.54, 1.807) is 0 Å². The first-order chi connectivity index (χ1) is 28.6. The van der Waals surface area contributed by atoms with Gasteiger partial charge in [-0.3, -0.25) is 0 Å². The standard InChI is InChI=1S/C57H39N/c1-36-33-39(38-17-4-3-5-18-38)34-37(2)56(36)58(40-31-32-45-43-21-7-6-19-41(43)42-20-8-9-22-44(42)49(45)35-40)54-30-16-29-53-55(54)48-25-12-15-28-52(48)57(53)50-26-13-10-23-46(50)47-24-11-14-27-51(47)57/h3-35H,1-2H3. The number of aryl methyl sites for hydroxylation is 2. The third kappa shape index (κ3) is 4.42. The Morgan fingerprint density at radius 1 is 0.345 bits per heavy atom. The van der Waals surface area contributed by atoms with Crippen molar-refractivity contribution in [2.45, 2.75) is 19.3 Å². The van der Waals surface area contributed by atoms with E-state index in [9.17, 15) is 0 Å². The first kappa shape index (κ1) is 33.0. The monoisotopic (exact) mass is 737 g/mol. The van der Waals surface area contributed by atoms with E-state index >= 15 is 0 Å². The predicted molar refractivity (Wildman–Crippen MR) is 245 cm³/mol. The van der Waals surface area contributed by atoms with Crippen LogP contribution in [0.1, 0.15) is 33.4 Å². The van der Waals surface area contributed by atoms with Crippen molar-refractivity contribution >= 4 is 49.4 Å². The highest BCUT2D eigenvalue weighted by Crippen LogP contribution is 2.64. The lowest BCUT2D eigenvalue weighted by Gasteiger charge is -2.33. The molecule has 0 heterocycles. The van der Waals surface area contributed by atoms with Crippen LogP contribution in [0, 0.1) is 13.8 Å². The van der Waals surface area contributed by atoms with Gasteiger partial charge in [0, 0.05) is 11.3 Å². The molecular weight excluding hydrogens is 699 g/mol. The van der Waals surface area contributed by atoms with Crippen molar-refractivity contribution in [2.75, 3.05) is 4.90 Å². The molecule has 0 bridgehead atoms. The normalized spacial score (nSPS) is 13.1. The third-order valence-corrected chi connectivity index (χ3v) is 13.0. The average molecular weight is 738 g/mol. The van der Waals surface area contributed by atoms with Crippen molar-refractivity contribution < 1.29 is 0 Å². The van der Waals surface area contributed by atoms with Gasteiger partial charge >= 0.3 is 0 Å². The Labute approximate surface area is 339 Å².